The quantitative estimate of drug-likeness (QED) is 0.281. The van der Waals surface area contributed by atoms with E-state index in [1.54, 1.807) is 14.2 Å². The summed E-state index contributed by atoms with van der Waals surface area (Å²) in [7, 11) is 5.14. The Morgan fingerprint density at radius 3 is 2.32 bits per heavy atom. The van der Waals surface area contributed by atoms with Gasteiger partial charge in [-0.2, -0.15) is 0 Å². The number of benzene rings is 1. The number of halogens is 1. The minimum Gasteiger partial charge on any atom is -0.493 e. The van der Waals surface area contributed by atoms with Gasteiger partial charge in [0, 0.05) is 44.7 Å². The van der Waals surface area contributed by atoms with Crippen molar-refractivity contribution in [2.45, 2.75) is 39.2 Å². The molecular weight excluding hydrogens is 507 g/mol. The Bertz CT molecular complexity index is 691. The topological polar surface area (TPSA) is 67.4 Å². The van der Waals surface area contributed by atoms with Crippen LogP contribution in [0.4, 0.5) is 0 Å². The van der Waals surface area contributed by atoms with Crippen LogP contribution in [0.5, 0.6) is 11.5 Å². The van der Waals surface area contributed by atoms with E-state index in [1.165, 1.54) is 5.56 Å². The third kappa shape index (κ3) is 7.98. The van der Waals surface area contributed by atoms with Gasteiger partial charge in [0.15, 0.2) is 17.5 Å². The number of aliphatic imine (C=N–C) groups is 1. The molecule has 1 aliphatic heterocycles. The van der Waals surface area contributed by atoms with Crippen LogP contribution in [0.25, 0.3) is 0 Å². The first-order valence-corrected chi connectivity index (χ1v) is 10.8. The molecule has 2 rings (SSSR count). The Kier molecular flexibility index (Phi) is 11.9. The van der Waals surface area contributed by atoms with Crippen molar-refractivity contribution in [1.29, 1.82) is 0 Å². The van der Waals surface area contributed by atoms with E-state index in [9.17, 15) is 0 Å². The summed E-state index contributed by atoms with van der Waals surface area (Å²) in [4.78, 5) is 6.94. The lowest BCUT2D eigenvalue weighted by Crippen LogP contribution is -2.53. The summed E-state index contributed by atoms with van der Waals surface area (Å²) >= 11 is 0. The highest BCUT2D eigenvalue weighted by Crippen LogP contribution is 2.32. The van der Waals surface area contributed by atoms with Crippen molar-refractivity contribution in [1.82, 2.24) is 15.5 Å². The van der Waals surface area contributed by atoms with Crippen molar-refractivity contribution >= 4 is 29.9 Å². The number of ether oxygens (including phenoxy) is 3. The molecule has 178 valence electrons. The molecule has 1 aromatic rings. The molecule has 0 radical (unpaired) electrons. The number of guanidine groups is 1. The first-order valence-electron chi connectivity index (χ1n) is 10.8. The summed E-state index contributed by atoms with van der Waals surface area (Å²) in [6.45, 7) is 14.2. The molecule has 1 heterocycles. The van der Waals surface area contributed by atoms with Crippen molar-refractivity contribution in [3.8, 4) is 11.5 Å². The number of hydrogen-bond donors (Lipinski definition) is 2. The lowest BCUT2D eigenvalue weighted by atomic mass is 9.84. The SMILES string of the molecule is CN=C(NCC(C(C)C)N1CCOCC1)NCC(C)(C)c1ccc(OC)c(OC)c1.I. The monoisotopic (exact) mass is 548 g/mol. The Morgan fingerprint density at radius 2 is 1.77 bits per heavy atom. The van der Waals surface area contributed by atoms with E-state index in [4.69, 9.17) is 14.2 Å². The molecule has 0 spiro atoms. The molecule has 1 saturated heterocycles. The maximum absolute atomic E-state index is 5.51. The molecule has 0 saturated carbocycles. The highest BCUT2D eigenvalue weighted by atomic mass is 127. The van der Waals surface area contributed by atoms with E-state index in [1.807, 2.05) is 19.2 Å². The second-order valence-electron chi connectivity index (χ2n) is 8.72. The zero-order chi connectivity index (χ0) is 22.1. The largest absolute Gasteiger partial charge is 0.493 e. The molecule has 7 nitrogen and oxygen atoms in total. The lowest BCUT2D eigenvalue weighted by Gasteiger charge is -2.37. The average Bonchev–Trinajstić information content (AvgIpc) is 2.75. The zero-order valence-corrected chi connectivity index (χ0v) is 22.5. The average molecular weight is 549 g/mol. The van der Waals surface area contributed by atoms with E-state index < -0.39 is 0 Å². The minimum absolute atomic E-state index is 0. The van der Waals surface area contributed by atoms with Gasteiger partial charge in [0.2, 0.25) is 0 Å². The Morgan fingerprint density at radius 1 is 1.13 bits per heavy atom. The van der Waals surface area contributed by atoms with Gasteiger partial charge < -0.3 is 24.8 Å². The Balaban J connectivity index is 0.00000480. The van der Waals surface area contributed by atoms with Crippen LogP contribution in [0.3, 0.4) is 0 Å². The molecule has 1 atom stereocenters. The third-order valence-electron chi connectivity index (χ3n) is 5.85. The van der Waals surface area contributed by atoms with E-state index >= 15 is 0 Å². The predicted octanol–water partition coefficient (Wildman–Crippen LogP) is 3.12. The number of nitrogens with zero attached hydrogens (tertiary/aromatic N) is 2. The van der Waals surface area contributed by atoms with E-state index in [0.29, 0.717) is 12.0 Å². The maximum atomic E-state index is 5.51. The van der Waals surface area contributed by atoms with Gasteiger partial charge in [-0.05, 0) is 23.6 Å². The highest BCUT2D eigenvalue weighted by molar-refractivity contribution is 14.0. The van der Waals surface area contributed by atoms with Crippen LogP contribution in [-0.4, -0.2) is 77.6 Å². The van der Waals surface area contributed by atoms with Crippen molar-refractivity contribution < 1.29 is 14.2 Å². The fourth-order valence-electron chi connectivity index (χ4n) is 3.78. The molecule has 0 bridgehead atoms. The molecule has 0 amide bonds. The Hall–Kier alpha value is -1.26. The van der Waals surface area contributed by atoms with Crippen LogP contribution in [0, 0.1) is 5.92 Å². The molecule has 1 unspecified atom stereocenters. The fraction of sp³-hybridized carbons (Fsp3) is 0.696. The standard InChI is InChI=1S/C23H40N4O3.HI/c1-17(2)19(27-10-12-30-13-11-27)15-25-22(24-5)26-16-23(3,4)18-8-9-20(28-6)21(14-18)29-7;/h8-9,14,17,19H,10-13,15-16H2,1-7H3,(H2,24,25,26);1H. The number of hydrogen-bond acceptors (Lipinski definition) is 5. The predicted molar refractivity (Wildman–Crippen MR) is 138 cm³/mol. The summed E-state index contributed by atoms with van der Waals surface area (Å²) in [5.41, 5.74) is 1.07. The molecule has 8 heteroatoms. The normalized spacial score (nSPS) is 16.5. The van der Waals surface area contributed by atoms with Gasteiger partial charge >= 0.3 is 0 Å². The van der Waals surface area contributed by atoms with Gasteiger partial charge in [-0.3, -0.25) is 9.89 Å². The number of rotatable bonds is 9. The van der Waals surface area contributed by atoms with Crippen molar-refractivity contribution in [2.24, 2.45) is 10.9 Å². The molecule has 1 aromatic carbocycles. The van der Waals surface area contributed by atoms with Crippen molar-refractivity contribution in [3.05, 3.63) is 23.8 Å². The summed E-state index contributed by atoms with van der Waals surface area (Å²) < 4.78 is 16.3. The van der Waals surface area contributed by atoms with Gasteiger partial charge in [-0.15, -0.1) is 24.0 Å². The lowest BCUT2D eigenvalue weighted by molar-refractivity contribution is 0.00752. The second-order valence-corrected chi connectivity index (χ2v) is 8.72. The summed E-state index contributed by atoms with van der Waals surface area (Å²) in [6.07, 6.45) is 0. The molecule has 0 aliphatic carbocycles. The van der Waals surface area contributed by atoms with Crippen LogP contribution in [0.2, 0.25) is 0 Å². The minimum atomic E-state index is -0.112. The summed E-state index contributed by atoms with van der Waals surface area (Å²) in [6, 6.07) is 6.54. The smallest absolute Gasteiger partial charge is 0.191 e. The van der Waals surface area contributed by atoms with Crippen LogP contribution >= 0.6 is 24.0 Å². The maximum Gasteiger partial charge on any atom is 0.191 e. The number of morpholine rings is 1. The number of nitrogens with one attached hydrogen (secondary N) is 2. The fourth-order valence-corrected chi connectivity index (χ4v) is 3.78. The Labute approximate surface area is 205 Å². The van der Waals surface area contributed by atoms with E-state index in [-0.39, 0.29) is 29.4 Å². The van der Waals surface area contributed by atoms with Gasteiger partial charge in [0.25, 0.3) is 0 Å². The molecule has 0 aromatic heterocycles. The molecule has 1 aliphatic rings. The number of methoxy groups -OCH3 is 2. The van der Waals surface area contributed by atoms with Crippen LogP contribution in [0.15, 0.2) is 23.2 Å². The molecular formula is C23H41IN4O3. The van der Waals surface area contributed by atoms with E-state index in [2.05, 4.69) is 54.3 Å². The van der Waals surface area contributed by atoms with Crippen LogP contribution < -0.4 is 20.1 Å². The highest BCUT2D eigenvalue weighted by Gasteiger charge is 2.25. The van der Waals surface area contributed by atoms with Gasteiger partial charge in [0.05, 0.1) is 27.4 Å². The van der Waals surface area contributed by atoms with Crippen LogP contribution in [0.1, 0.15) is 33.3 Å². The first-order chi connectivity index (χ1) is 14.3. The zero-order valence-electron chi connectivity index (χ0n) is 20.2. The van der Waals surface area contributed by atoms with Gasteiger partial charge in [-0.1, -0.05) is 33.8 Å². The second kappa shape index (κ2) is 13.3. The summed E-state index contributed by atoms with van der Waals surface area (Å²) in [5.74, 6) is 2.86. The molecule has 31 heavy (non-hydrogen) atoms. The van der Waals surface area contributed by atoms with Gasteiger partial charge in [-0.25, -0.2) is 0 Å². The molecule has 1 fully saturated rings. The van der Waals surface area contributed by atoms with Crippen LogP contribution in [-0.2, 0) is 10.2 Å². The van der Waals surface area contributed by atoms with Gasteiger partial charge in [0.1, 0.15) is 0 Å². The van der Waals surface area contributed by atoms with Crippen molar-refractivity contribution in [2.75, 3.05) is 60.7 Å². The molecule has 2 N–H and O–H groups in total. The third-order valence-corrected chi connectivity index (χ3v) is 5.85. The van der Waals surface area contributed by atoms with E-state index in [0.717, 1.165) is 56.9 Å². The summed E-state index contributed by atoms with van der Waals surface area (Å²) in [5, 5.41) is 7.02. The first kappa shape index (κ1) is 27.8. The van der Waals surface area contributed by atoms with Crippen molar-refractivity contribution in [3.63, 3.8) is 0 Å².